The maximum Gasteiger partial charge on any atom is 0.573 e. The highest BCUT2D eigenvalue weighted by atomic mass is 19.4. The monoisotopic (exact) mass is 337 g/mol. The number of oxime groups is 1. The Morgan fingerprint density at radius 3 is 2.54 bits per heavy atom. The fourth-order valence-electron chi connectivity index (χ4n) is 2.04. The molecule has 7 heteroatoms. The second kappa shape index (κ2) is 7.54. The van der Waals surface area contributed by atoms with E-state index < -0.39 is 6.36 Å². The third-order valence-corrected chi connectivity index (χ3v) is 3.07. The van der Waals surface area contributed by atoms with E-state index in [1.54, 1.807) is 24.3 Å². The van der Waals surface area contributed by atoms with E-state index in [2.05, 4.69) is 16.5 Å². The molecular formula is C17H14F3NO3. The molecule has 0 saturated heterocycles. The van der Waals surface area contributed by atoms with Crippen LogP contribution in [0.15, 0.2) is 54.2 Å². The van der Waals surface area contributed by atoms with Gasteiger partial charge < -0.3 is 14.7 Å². The van der Waals surface area contributed by atoms with E-state index in [4.69, 9.17) is 9.94 Å². The first-order chi connectivity index (χ1) is 11.4. The van der Waals surface area contributed by atoms with Gasteiger partial charge in [0, 0.05) is 11.1 Å². The molecule has 126 valence electrons. The van der Waals surface area contributed by atoms with E-state index >= 15 is 0 Å². The van der Waals surface area contributed by atoms with E-state index in [1.165, 1.54) is 30.5 Å². The lowest BCUT2D eigenvalue weighted by Crippen LogP contribution is -2.17. The molecule has 2 aromatic carbocycles. The minimum absolute atomic E-state index is 0.00725. The fourth-order valence-corrected chi connectivity index (χ4v) is 2.04. The van der Waals surface area contributed by atoms with Crippen LogP contribution >= 0.6 is 0 Å². The van der Waals surface area contributed by atoms with E-state index in [9.17, 15) is 13.2 Å². The van der Waals surface area contributed by atoms with Gasteiger partial charge in [-0.1, -0.05) is 36.0 Å². The number of hydrogen-bond acceptors (Lipinski definition) is 4. The summed E-state index contributed by atoms with van der Waals surface area (Å²) in [5, 5.41) is 11.6. The molecule has 0 fully saturated rings. The lowest BCUT2D eigenvalue weighted by molar-refractivity contribution is -0.274. The Balaban J connectivity index is 2.22. The van der Waals surface area contributed by atoms with Gasteiger partial charge in [0.05, 0.1) is 6.21 Å². The first-order valence-corrected chi connectivity index (χ1v) is 6.83. The number of nitrogens with zero attached hydrogens (tertiary/aromatic N) is 1. The van der Waals surface area contributed by atoms with Gasteiger partial charge in [-0.15, -0.1) is 13.2 Å². The Morgan fingerprint density at radius 1 is 1.12 bits per heavy atom. The van der Waals surface area contributed by atoms with Crippen molar-refractivity contribution in [3.63, 3.8) is 0 Å². The highest BCUT2D eigenvalue weighted by Crippen LogP contribution is 2.27. The summed E-state index contributed by atoms with van der Waals surface area (Å²) in [6.45, 7) is 3.62. The van der Waals surface area contributed by atoms with Crippen LogP contribution < -0.4 is 9.47 Å². The molecule has 0 bridgehead atoms. The van der Waals surface area contributed by atoms with Gasteiger partial charge in [-0.25, -0.2) is 0 Å². The Kier molecular flexibility index (Phi) is 5.47. The molecule has 0 aliphatic rings. The quantitative estimate of drug-likeness (QED) is 0.475. The van der Waals surface area contributed by atoms with Crippen molar-refractivity contribution in [3.05, 3.63) is 65.7 Å². The summed E-state index contributed by atoms with van der Waals surface area (Å²) in [6.07, 6.45) is -2.05. The molecule has 1 N–H and O–H groups in total. The molecule has 24 heavy (non-hydrogen) atoms. The zero-order chi connectivity index (χ0) is 17.6. The molecule has 0 aliphatic heterocycles. The van der Waals surface area contributed by atoms with Crippen LogP contribution in [0.3, 0.4) is 0 Å². The summed E-state index contributed by atoms with van der Waals surface area (Å²) in [4.78, 5) is 0. The Labute approximate surface area is 136 Å². The van der Waals surface area contributed by atoms with Gasteiger partial charge in [-0.2, -0.15) is 0 Å². The van der Waals surface area contributed by atoms with Crippen molar-refractivity contribution < 1.29 is 27.9 Å². The van der Waals surface area contributed by atoms with Crippen LogP contribution in [0.1, 0.15) is 16.7 Å². The summed E-state index contributed by atoms with van der Waals surface area (Å²) in [5.41, 5.74) is 1.63. The molecule has 0 aromatic heterocycles. The maximum absolute atomic E-state index is 12.3. The normalized spacial score (nSPS) is 11.5. The summed E-state index contributed by atoms with van der Waals surface area (Å²) >= 11 is 0. The van der Waals surface area contributed by atoms with Gasteiger partial charge in [0.1, 0.15) is 18.1 Å². The second-order valence-corrected chi connectivity index (χ2v) is 4.68. The molecule has 2 rings (SSSR count). The van der Waals surface area contributed by atoms with E-state index in [1.807, 2.05) is 0 Å². The zero-order valence-electron chi connectivity index (χ0n) is 12.5. The summed E-state index contributed by atoms with van der Waals surface area (Å²) < 4.78 is 46.5. The maximum atomic E-state index is 12.3. The van der Waals surface area contributed by atoms with Crippen molar-refractivity contribution in [3.8, 4) is 11.5 Å². The van der Waals surface area contributed by atoms with Crippen molar-refractivity contribution in [2.24, 2.45) is 5.16 Å². The first-order valence-electron chi connectivity index (χ1n) is 6.83. The third kappa shape index (κ3) is 4.77. The highest BCUT2D eigenvalue weighted by molar-refractivity contribution is 5.82. The van der Waals surface area contributed by atoms with Crippen molar-refractivity contribution in [1.29, 1.82) is 0 Å². The average molecular weight is 337 g/mol. The zero-order valence-corrected chi connectivity index (χ0v) is 12.5. The Bertz CT molecular complexity index is 742. The van der Waals surface area contributed by atoms with Gasteiger partial charge in [0.2, 0.25) is 0 Å². The minimum atomic E-state index is -4.77. The Morgan fingerprint density at radius 2 is 1.88 bits per heavy atom. The molecule has 0 spiro atoms. The first kappa shape index (κ1) is 17.4. The SMILES string of the molecule is C=Cc1ccc(OC(F)(F)F)cc1COc1ccccc1/C=N/O. The van der Waals surface area contributed by atoms with Gasteiger partial charge in [0.15, 0.2) is 0 Å². The lowest BCUT2D eigenvalue weighted by Gasteiger charge is -2.14. The van der Waals surface area contributed by atoms with Crippen LogP contribution in [0.4, 0.5) is 13.2 Å². The molecule has 0 aliphatic carbocycles. The van der Waals surface area contributed by atoms with Crippen molar-refractivity contribution in [1.82, 2.24) is 0 Å². The number of halogens is 3. The molecule has 0 atom stereocenters. The fraction of sp³-hybridized carbons (Fsp3) is 0.118. The van der Waals surface area contributed by atoms with E-state index in [0.717, 1.165) is 0 Å². The van der Waals surface area contributed by atoms with Crippen LogP contribution in [0, 0.1) is 0 Å². The van der Waals surface area contributed by atoms with Crippen LogP contribution in [-0.4, -0.2) is 17.8 Å². The number of alkyl halides is 3. The van der Waals surface area contributed by atoms with Gasteiger partial charge in [-0.05, 0) is 29.8 Å². The second-order valence-electron chi connectivity index (χ2n) is 4.68. The summed E-state index contributed by atoms with van der Waals surface area (Å²) in [5.74, 6) is 0.0874. The highest BCUT2D eigenvalue weighted by Gasteiger charge is 2.31. The number of benzene rings is 2. The molecule has 2 aromatic rings. The molecule has 4 nitrogen and oxygen atoms in total. The average Bonchev–Trinajstić information content (AvgIpc) is 2.53. The number of hydrogen-bond donors (Lipinski definition) is 1. The predicted molar refractivity (Wildman–Crippen MR) is 83.4 cm³/mol. The van der Waals surface area contributed by atoms with Crippen LogP contribution in [0.25, 0.3) is 6.08 Å². The standard InChI is InChI=1S/C17H14F3NO3/c1-2-12-7-8-15(24-17(18,19)20)9-14(12)11-23-16-6-4-3-5-13(16)10-21-22/h2-10,22H,1,11H2/b21-10+. The largest absolute Gasteiger partial charge is 0.573 e. The predicted octanol–water partition coefficient (Wildman–Crippen LogP) is 4.62. The van der Waals surface area contributed by atoms with Crippen molar-refractivity contribution >= 4 is 12.3 Å². The minimum Gasteiger partial charge on any atom is -0.488 e. The number of ether oxygens (including phenoxy) is 2. The van der Waals surface area contributed by atoms with E-state index in [0.29, 0.717) is 22.4 Å². The smallest absolute Gasteiger partial charge is 0.488 e. The number of rotatable bonds is 6. The van der Waals surface area contributed by atoms with Gasteiger partial charge in [0.25, 0.3) is 0 Å². The van der Waals surface area contributed by atoms with Crippen LogP contribution in [-0.2, 0) is 6.61 Å². The topological polar surface area (TPSA) is 51.0 Å². The molecule has 0 saturated carbocycles. The van der Waals surface area contributed by atoms with Gasteiger partial charge >= 0.3 is 6.36 Å². The Hall–Kier alpha value is -2.96. The lowest BCUT2D eigenvalue weighted by atomic mass is 10.1. The third-order valence-electron chi connectivity index (χ3n) is 3.07. The number of para-hydroxylation sites is 1. The van der Waals surface area contributed by atoms with Crippen molar-refractivity contribution in [2.45, 2.75) is 13.0 Å². The molecular weight excluding hydrogens is 323 g/mol. The molecule has 0 radical (unpaired) electrons. The van der Waals surface area contributed by atoms with Crippen LogP contribution in [0.5, 0.6) is 11.5 Å². The summed E-state index contributed by atoms with van der Waals surface area (Å²) in [6, 6.07) is 10.7. The molecule has 0 heterocycles. The molecule has 0 amide bonds. The van der Waals surface area contributed by atoms with E-state index in [-0.39, 0.29) is 12.4 Å². The molecule has 0 unspecified atom stereocenters. The van der Waals surface area contributed by atoms with Gasteiger partial charge in [-0.3, -0.25) is 0 Å². The summed E-state index contributed by atoms with van der Waals surface area (Å²) in [7, 11) is 0. The van der Waals surface area contributed by atoms with Crippen molar-refractivity contribution in [2.75, 3.05) is 0 Å². The van der Waals surface area contributed by atoms with Crippen LogP contribution in [0.2, 0.25) is 0 Å².